The molecule has 0 saturated carbocycles. The van der Waals surface area contributed by atoms with Gasteiger partial charge >= 0.3 is 0 Å². The predicted octanol–water partition coefficient (Wildman–Crippen LogP) is 4.15. The van der Waals surface area contributed by atoms with E-state index in [1.807, 2.05) is 30.3 Å². The minimum atomic E-state index is -0.297. The number of hydrogen-bond donors (Lipinski definition) is 2. The van der Waals surface area contributed by atoms with Crippen LogP contribution in [0.25, 0.3) is 0 Å². The highest BCUT2D eigenvalue weighted by Crippen LogP contribution is 2.18. The van der Waals surface area contributed by atoms with Crippen LogP contribution in [0.4, 0.5) is 5.69 Å². The summed E-state index contributed by atoms with van der Waals surface area (Å²) in [6.45, 7) is 0.965. The van der Waals surface area contributed by atoms with E-state index in [1.165, 1.54) is 0 Å². The standard InChI is InChI=1S/C24H24N2O4/c1-29-19-14-12-18(13-15-19)23(27)26-22-11-6-5-10-21(22)24(28)25-16-7-17-30-20-8-3-2-4-9-20/h2-6,8-15H,7,16-17H2,1H3,(H,25,28)(H,26,27). The van der Waals surface area contributed by atoms with E-state index in [9.17, 15) is 9.59 Å². The van der Waals surface area contributed by atoms with Crippen molar-refractivity contribution in [1.29, 1.82) is 0 Å². The zero-order valence-electron chi connectivity index (χ0n) is 16.8. The van der Waals surface area contributed by atoms with Gasteiger partial charge in [-0.3, -0.25) is 9.59 Å². The van der Waals surface area contributed by atoms with Crippen molar-refractivity contribution >= 4 is 17.5 Å². The lowest BCUT2D eigenvalue weighted by atomic mass is 10.1. The van der Waals surface area contributed by atoms with Crippen molar-refractivity contribution in [2.45, 2.75) is 6.42 Å². The molecule has 154 valence electrons. The monoisotopic (exact) mass is 404 g/mol. The van der Waals surface area contributed by atoms with Crippen molar-refractivity contribution in [2.75, 3.05) is 25.6 Å². The number of amides is 2. The molecule has 0 aliphatic rings. The number of para-hydroxylation sites is 2. The van der Waals surface area contributed by atoms with E-state index in [0.29, 0.717) is 42.1 Å². The molecule has 0 saturated heterocycles. The Morgan fingerprint density at radius 3 is 2.23 bits per heavy atom. The molecule has 3 rings (SSSR count). The summed E-state index contributed by atoms with van der Waals surface area (Å²) in [5.41, 5.74) is 1.34. The van der Waals surface area contributed by atoms with Gasteiger partial charge in [0, 0.05) is 12.1 Å². The van der Waals surface area contributed by atoms with Crippen LogP contribution in [-0.2, 0) is 0 Å². The number of rotatable bonds is 9. The molecule has 0 aromatic heterocycles. The van der Waals surface area contributed by atoms with E-state index in [4.69, 9.17) is 9.47 Å². The Morgan fingerprint density at radius 1 is 0.800 bits per heavy atom. The molecule has 0 aliphatic carbocycles. The highest BCUT2D eigenvalue weighted by atomic mass is 16.5. The molecule has 30 heavy (non-hydrogen) atoms. The van der Waals surface area contributed by atoms with Crippen molar-refractivity contribution < 1.29 is 19.1 Å². The summed E-state index contributed by atoms with van der Waals surface area (Å²) in [5, 5.41) is 5.67. The van der Waals surface area contributed by atoms with Gasteiger partial charge in [-0.15, -0.1) is 0 Å². The third kappa shape index (κ3) is 5.85. The van der Waals surface area contributed by atoms with Gasteiger partial charge in [0.15, 0.2) is 0 Å². The molecule has 3 aromatic carbocycles. The van der Waals surface area contributed by atoms with Gasteiger partial charge in [-0.2, -0.15) is 0 Å². The molecular weight excluding hydrogens is 380 g/mol. The van der Waals surface area contributed by atoms with Gasteiger partial charge in [0.25, 0.3) is 11.8 Å². The highest BCUT2D eigenvalue weighted by molar-refractivity contribution is 6.09. The van der Waals surface area contributed by atoms with Crippen molar-refractivity contribution in [3.63, 3.8) is 0 Å². The number of nitrogens with one attached hydrogen (secondary N) is 2. The minimum Gasteiger partial charge on any atom is -0.497 e. The number of carbonyl (C=O) groups is 2. The Bertz CT molecular complexity index is 972. The molecule has 0 unspecified atom stereocenters. The second kappa shape index (κ2) is 10.7. The summed E-state index contributed by atoms with van der Waals surface area (Å²) in [7, 11) is 1.57. The maximum absolute atomic E-state index is 12.6. The highest BCUT2D eigenvalue weighted by Gasteiger charge is 2.14. The van der Waals surface area contributed by atoms with Crippen LogP contribution >= 0.6 is 0 Å². The second-order valence-electron chi connectivity index (χ2n) is 6.50. The summed E-state index contributed by atoms with van der Waals surface area (Å²) in [6, 6.07) is 23.2. The minimum absolute atomic E-state index is 0.250. The molecule has 0 atom stereocenters. The first-order valence-electron chi connectivity index (χ1n) is 9.68. The number of anilines is 1. The van der Waals surface area contributed by atoms with Gasteiger partial charge in [0.1, 0.15) is 11.5 Å². The first-order chi connectivity index (χ1) is 14.7. The van der Waals surface area contributed by atoms with Crippen molar-refractivity contribution in [1.82, 2.24) is 5.32 Å². The van der Waals surface area contributed by atoms with E-state index in [-0.39, 0.29) is 11.8 Å². The van der Waals surface area contributed by atoms with E-state index >= 15 is 0 Å². The molecule has 0 bridgehead atoms. The van der Waals surface area contributed by atoms with Crippen molar-refractivity contribution in [3.8, 4) is 11.5 Å². The van der Waals surface area contributed by atoms with Gasteiger partial charge in [0.05, 0.1) is 25.0 Å². The summed E-state index contributed by atoms with van der Waals surface area (Å²) in [6.07, 6.45) is 0.668. The van der Waals surface area contributed by atoms with E-state index < -0.39 is 0 Å². The normalized spacial score (nSPS) is 10.2. The molecule has 6 nitrogen and oxygen atoms in total. The van der Waals surface area contributed by atoms with Crippen LogP contribution in [0, 0.1) is 0 Å². The maximum atomic E-state index is 12.6. The largest absolute Gasteiger partial charge is 0.497 e. The van der Waals surface area contributed by atoms with Gasteiger partial charge in [-0.25, -0.2) is 0 Å². The Hall–Kier alpha value is -3.80. The number of ether oxygens (including phenoxy) is 2. The van der Waals surface area contributed by atoms with Crippen molar-refractivity contribution in [3.05, 3.63) is 90.0 Å². The summed E-state index contributed by atoms with van der Waals surface area (Å²) < 4.78 is 10.7. The summed E-state index contributed by atoms with van der Waals surface area (Å²) >= 11 is 0. The zero-order chi connectivity index (χ0) is 21.2. The first kappa shape index (κ1) is 20.9. The smallest absolute Gasteiger partial charge is 0.255 e. The van der Waals surface area contributed by atoms with Crippen LogP contribution < -0.4 is 20.1 Å². The average Bonchev–Trinajstić information content (AvgIpc) is 2.80. The maximum Gasteiger partial charge on any atom is 0.255 e. The Balaban J connectivity index is 1.53. The van der Waals surface area contributed by atoms with Crippen LogP contribution in [0.15, 0.2) is 78.9 Å². The second-order valence-corrected chi connectivity index (χ2v) is 6.50. The lowest BCUT2D eigenvalue weighted by Crippen LogP contribution is -2.27. The van der Waals surface area contributed by atoms with E-state index in [1.54, 1.807) is 55.6 Å². The fourth-order valence-electron chi connectivity index (χ4n) is 2.80. The molecular formula is C24H24N2O4. The fourth-order valence-corrected chi connectivity index (χ4v) is 2.80. The van der Waals surface area contributed by atoms with Crippen LogP contribution in [0.3, 0.4) is 0 Å². The lowest BCUT2D eigenvalue weighted by Gasteiger charge is -2.12. The number of methoxy groups -OCH3 is 1. The van der Waals surface area contributed by atoms with Gasteiger partial charge in [-0.05, 0) is 55.0 Å². The molecule has 2 N–H and O–H groups in total. The Morgan fingerprint density at radius 2 is 1.50 bits per heavy atom. The molecule has 0 heterocycles. The lowest BCUT2D eigenvalue weighted by molar-refractivity contribution is 0.0952. The SMILES string of the molecule is COc1ccc(C(=O)Nc2ccccc2C(=O)NCCCOc2ccccc2)cc1. The van der Waals surface area contributed by atoms with E-state index in [0.717, 1.165) is 5.75 Å². The summed E-state index contributed by atoms with van der Waals surface area (Å²) in [4.78, 5) is 25.1. The first-order valence-corrected chi connectivity index (χ1v) is 9.68. The summed E-state index contributed by atoms with van der Waals surface area (Å²) in [5.74, 6) is 0.924. The van der Waals surface area contributed by atoms with Crippen LogP contribution in [-0.4, -0.2) is 32.1 Å². The van der Waals surface area contributed by atoms with E-state index in [2.05, 4.69) is 10.6 Å². The molecule has 0 spiro atoms. The molecule has 0 radical (unpaired) electrons. The van der Waals surface area contributed by atoms with Gasteiger partial charge < -0.3 is 20.1 Å². The van der Waals surface area contributed by atoms with Gasteiger partial charge in [0.2, 0.25) is 0 Å². The number of carbonyl (C=O) groups excluding carboxylic acids is 2. The molecule has 0 aliphatic heterocycles. The molecule has 2 amide bonds. The topological polar surface area (TPSA) is 76.7 Å². The predicted molar refractivity (Wildman–Crippen MR) is 116 cm³/mol. The third-order valence-corrected chi connectivity index (χ3v) is 4.39. The zero-order valence-corrected chi connectivity index (χ0v) is 16.8. The molecule has 6 heteroatoms. The number of benzene rings is 3. The van der Waals surface area contributed by atoms with Crippen molar-refractivity contribution in [2.24, 2.45) is 0 Å². The van der Waals surface area contributed by atoms with Crippen LogP contribution in [0.2, 0.25) is 0 Å². The fraction of sp³-hybridized carbons (Fsp3) is 0.167. The third-order valence-electron chi connectivity index (χ3n) is 4.39. The Kier molecular flexibility index (Phi) is 7.44. The quantitative estimate of drug-likeness (QED) is 0.526. The van der Waals surface area contributed by atoms with Gasteiger partial charge in [-0.1, -0.05) is 30.3 Å². The van der Waals surface area contributed by atoms with Crippen LogP contribution in [0.5, 0.6) is 11.5 Å². The molecule has 0 fully saturated rings. The molecule has 3 aromatic rings. The van der Waals surface area contributed by atoms with Crippen LogP contribution in [0.1, 0.15) is 27.1 Å². The number of hydrogen-bond acceptors (Lipinski definition) is 4. The Labute approximate surface area is 175 Å². The average molecular weight is 404 g/mol.